The van der Waals surface area contributed by atoms with Gasteiger partial charge in [0.05, 0.1) is 32.1 Å². The number of carbonyl (C=O) groups excluding carboxylic acids is 1. The van der Waals surface area contributed by atoms with Gasteiger partial charge in [-0.3, -0.25) is 9.35 Å². The molecular formula is C33H56ClN3O4S. The second kappa shape index (κ2) is 21.5. The maximum Gasteiger partial charge on any atom is 0.294 e. The predicted octanol–water partition coefficient (Wildman–Crippen LogP) is 4.12. The van der Waals surface area contributed by atoms with Crippen LogP contribution in [-0.4, -0.2) is 71.2 Å². The minimum absolute atomic E-state index is 0. The molecule has 1 amide bonds. The number of nitrogens with one attached hydrogen (secondary N) is 1. The number of halogens is 1. The summed E-state index contributed by atoms with van der Waals surface area (Å²) in [6, 6.07) is 13.8. The zero-order valence-corrected chi connectivity index (χ0v) is 28.4. The lowest BCUT2D eigenvalue weighted by atomic mass is 10.1. The molecule has 0 aliphatic rings. The van der Waals surface area contributed by atoms with E-state index in [1.54, 1.807) is 12.1 Å². The maximum atomic E-state index is 12.3. The third kappa shape index (κ3) is 18.4. The first kappa shape index (κ1) is 39.9. The number of hydrogen-bond acceptors (Lipinski definition) is 4. The number of hydrogen-bond donors (Lipinski definition) is 2. The molecule has 0 atom stereocenters. The van der Waals surface area contributed by atoms with E-state index < -0.39 is 10.1 Å². The van der Waals surface area contributed by atoms with Gasteiger partial charge in [0.1, 0.15) is 0 Å². The van der Waals surface area contributed by atoms with Crippen LogP contribution in [-0.2, 0) is 10.1 Å². The topological polar surface area (TPSA) is 86.7 Å². The second-order valence-corrected chi connectivity index (χ2v) is 13.3. The molecular weight excluding hydrogens is 570 g/mol. The second-order valence-electron chi connectivity index (χ2n) is 11.9. The van der Waals surface area contributed by atoms with E-state index in [0.29, 0.717) is 0 Å². The molecule has 0 heterocycles. The van der Waals surface area contributed by atoms with E-state index in [-0.39, 0.29) is 23.2 Å². The number of aryl methyl sites for hydroxylation is 1. The molecule has 0 saturated heterocycles. The molecule has 2 rings (SSSR count). The fraction of sp³-hybridized carbons (Fsp3) is 0.606. The highest BCUT2D eigenvalue weighted by Gasteiger charge is 2.14. The van der Waals surface area contributed by atoms with E-state index in [1.165, 1.54) is 82.9 Å². The van der Waals surface area contributed by atoms with Crippen LogP contribution in [0.2, 0.25) is 0 Å². The van der Waals surface area contributed by atoms with Gasteiger partial charge in [0, 0.05) is 38.3 Å². The number of nitrogens with zero attached hydrogens (tertiary/aromatic N) is 2. The van der Waals surface area contributed by atoms with Crippen molar-refractivity contribution in [1.29, 1.82) is 0 Å². The van der Waals surface area contributed by atoms with E-state index >= 15 is 0 Å². The normalized spacial score (nSPS) is 11.2. The molecule has 2 aromatic carbocycles. The van der Waals surface area contributed by atoms with Crippen molar-refractivity contribution in [2.75, 3.05) is 52.7 Å². The van der Waals surface area contributed by atoms with Gasteiger partial charge in [0.2, 0.25) is 0 Å². The van der Waals surface area contributed by atoms with Crippen molar-refractivity contribution in [2.24, 2.45) is 0 Å². The van der Waals surface area contributed by atoms with Gasteiger partial charge in [-0.05, 0) is 56.2 Å². The summed E-state index contributed by atoms with van der Waals surface area (Å²) in [5, 5.41) is 3.07. The first-order valence-electron chi connectivity index (χ1n) is 15.3. The van der Waals surface area contributed by atoms with Crippen LogP contribution in [0.25, 0.3) is 0 Å². The Labute approximate surface area is 262 Å². The number of benzene rings is 2. The summed E-state index contributed by atoms with van der Waals surface area (Å²) >= 11 is 0. The molecule has 0 unspecified atom stereocenters. The predicted molar refractivity (Wildman–Crippen MR) is 172 cm³/mol. The zero-order chi connectivity index (χ0) is 30.7. The summed E-state index contributed by atoms with van der Waals surface area (Å²) in [4.78, 5) is 14.3. The van der Waals surface area contributed by atoms with Crippen LogP contribution < -0.4 is 22.6 Å². The van der Waals surface area contributed by atoms with Crippen LogP contribution in [0.1, 0.15) is 93.5 Å². The monoisotopic (exact) mass is 625 g/mol. The Morgan fingerprint density at radius 1 is 0.786 bits per heavy atom. The van der Waals surface area contributed by atoms with Gasteiger partial charge in [-0.2, -0.15) is 8.42 Å². The lowest BCUT2D eigenvalue weighted by Crippen LogP contribution is -3.00. The summed E-state index contributed by atoms with van der Waals surface area (Å²) in [6.45, 7) is 7.21. The molecule has 0 aromatic heterocycles. The zero-order valence-electron chi connectivity index (χ0n) is 26.9. The highest BCUT2D eigenvalue weighted by atomic mass is 35.5. The van der Waals surface area contributed by atoms with Gasteiger partial charge in [-0.1, -0.05) is 76.0 Å². The average molecular weight is 626 g/mol. The molecule has 0 aliphatic carbocycles. The largest absolute Gasteiger partial charge is 1.00 e. The summed E-state index contributed by atoms with van der Waals surface area (Å²) in [5.41, 5.74) is 2.80. The Kier molecular flexibility index (Phi) is 20.4. The van der Waals surface area contributed by atoms with Crippen LogP contribution in [0, 0.1) is 6.92 Å². The first-order chi connectivity index (χ1) is 19.4. The van der Waals surface area contributed by atoms with Crippen LogP contribution >= 0.6 is 0 Å². The summed E-state index contributed by atoms with van der Waals surface area (Å²) in [7, 11) is 4.62. The molecule has 2 N–H and O–H groups in total. The Hall–Kier alpha value is -2.13. The number of rotatable bonds is 18. The van der Waals surface area contributed by atoms with E-state index in [1.807, 2.05) is 50.2 Å². The standard InChI is InChI=1S/C26H47N3O.C7H8O3S.ClH/c1-6-7-8-9-10-11-12-13-14-15-22-29(4,5)23-16-21-27-26(30)24-17-19-25(20-18-24)28(2)3;1-6-2-4-7(5-3-6)11(8,9)10;/h17-20H,6-16,21-23H2,1-5H3;2-5H,1H3,(H,8,9,10);1H. The van der Waals surface area contributed by atoms with Gasteiger partial charge < -0.3 is 27.1 Å². The Balaban J connectivity index is 0.00000117. The van der Waals surface area contributed by atoms with Gasteiger partial charge in [0.25, 0.3) is 16.0 Å². The van der Waals surface area contributed by atoms with Crippen molar-refractivity contribution in [3.63, 3.8) is 0 Å². The number of carbonyl (C=O) groups is 1. The van der Waals surface area contributed by atoms with E-state index in [9.17, 15) is 13.2 Å². The number of anilines is 1. The SMILES string of the molecule is CCCCCCCCCCCC[N+](C)(C)CCCNC(=O)c1ccc(N(C)C)cc1.Cc1ccc(S(=O)(=O)O)cc1.[Cl-]. The van der Waals surface area contributed by atoms with Crippen molar-refractivity contribution in [2.45, 2.75) is 89.4 Å². The molecule has 0 radical (unpaired) electrons. The molecule has 0 bridgehead atoms. The minimum atomic E-state index is -4.02. The molecule has 9 heteroatoms. The van der Waals surface area contributed by atoms with Crippen molar-refractivity contribution < 1.29 is 34.7 Å². The van der Waals surface area contributed by atoms with E-state index in [2.05, 4.69) is 26.3 Å². The van der Waals surface area contributed by atoms with Gasteiger partial charge >= 0.3 is 0 Å². The quantitative estimate of drug-likeness (QED) is 0.148. The Bertz CT molecular complexity index is 1090. The molecule has 0 aliphatic heterocycles. The molecule has 0 saturated carbocycles. The van der Waals surface area contributed by atoms with Crippen LogP contribution in [0.5, 0.6) is 0 Å². The van der Waals surface area contributed by atoms with Gasteiger partial charge in [-0.25, -0.2) is 0 Å². The number of amides is 1. The molecule has 42 heavy (non-hydrogen) atoms. The Morgan fingerprint density at radius 3 is 1.74 bits per heavy atom. The summed E-state index contributed by atoms with van der Waals surface area (Å²) in [6.07, 6.45) is 14.9. The van der Waals surface area contributed by atoms with Crippen LogP contribution in [0.15, 0.2) is 53.4 Å². The highest BCUT2D eigenvalue weighted by Crippen LogP contribution is 2.13. The number of unbranched alkanes of at least 4 members (excludes halogenated alkanes) is 9. The third-order valence-corrected chi connectivity index (χ3v) is 8.18. The third-order valence-electron chi connectivity index (χ3n) is 7.31. The maximum absolute atomic E-state index is 12.3. The summed E-state index contributed by atoms with van der Waals surface area (Å²) < 4.78 is 30.6. The lowest BCUT2D eigenvalue weighted by molar-refractivity contribution is -0.890. The highest BCUT2D eigenvalue weighted by molar-refractivity contribution is 7.85. The average Bonchev–Trinajstić information content (AvgIpc) is 2.92. The van der Waals surface area contributed by atoms with Crippen LogP contribution in [0.4, 0.5) is 5.69 Å². The Morgan fingerprint density at radius 2 is 1.26 bits per heavy atom. The fourth-order valence-electron chi connectivity index (χ4n) is 4.57. The minimum Gasteiger partial charge on any atom is -1.00 e. The van der Waals surface area contributed by atoms with E-state index in [0.717, 1.165) is 40.8 Å². The molecule has 2 aromatic rings. The fourth-order valence-corrected chi connectivity index (χ4v) is 5.05. The van der Waals surface area contributed by atoms with Crippen molar-refractivity contribution in [3.05, 3.63) is 59.7 Å². The lowest BCUT2D eigenvalue weighted by Gasteiger charge is -2.30. The smallest absolute Gasteiger partial charge is 0.294 e. The first-order valence-corrected chi connectivity index (χ1v) is 16.7. The van der Waals surface area contributed by atoms with Crippen LogP contribution in [0.3, 0.4) is 0 Å². The molecule has 0 spiro atoms. The van der Waals surface area contributed by atoms with E-state index in [4.69, 9.17) is 4.55 Å². The van der Waals surface area contributed by atoms with Crippen molar-refractivity contribution in [1.82, 2.24) is 5.32 Å². The number of quaternary nitrogens is 1. The van der Waals surface area contributed by atoms with Gasteiger partial charge in [-0.15, -0.1) is 0 Å². The molecule has 7 nitrogen and oxygen atoms in total. The summed E-state index contributed by atoms with van der Waals surface area (Å²) in [5.74, 6) is 0.0281. The van der Waals surface area contributed by atoms with Gasteiger partial charge in [0.15, 0.2) is 0 Å². The van der Waals surface area contributed by atoms with Crippen molar-refractivity contribution >= 4 is 21.7 Å². The van der Waals surface area contributed by atoms with Crippen molar-refractivity contribution in [3.8, 4) is 0 Å². The molecule has 0 fully saturated rings. The molecule has 240 valence electrons.